The standard InChI is InChI=1S/C22H21N5O4S/c28-21-15-16(7-8-23-21)20-6-5-19(22-24-9-10-27(20)22)25-17-1-3-18(4-2-17)32(29,30)26-11-13-31-14-12-26/h1-10,15,25H,11-14H2,(H,23,28). The number of ether oxygens (including phenoxy) is 1. The van der Waals surface area contributed by atoms with E-state index in [0.717, 1.165) is 22.6 Å². The number of anilines is 2. The molecule has 10 heteroatoms. The van der Waals surface area contributed by atoms with Crippen molar-refractivity contribution in [3.8, 4) is 11.3 Å². The van der Waals surface area contributed by atoms with Gasteiger partial charge in [0.05, 0.1) is 29.5 Å². The summed E-state index contributed by atoms with van der Waals surface area (Å²) in [6.45, 7) is 1.54. The first kappa shape index (κ1) is 20.4. The molecular formula is C22H21N5O4S. The molecule has 32 heavy (non-hydrogen) atoms. The van der Waals surface area contributed by atoms with Gasteiger partial charge in [0.1, 0.15) is 0 Å². The number of pyridine rings is 2. The van der Waals surface area contributed by atoms with Gasteiger partial charge in [0.25, 0.3) is 0 Å². The van der Waals surface area contributed by atoms with Crippen molar-refractivity contribution >= 4 is 27.0 Å². The summed E-state index contributed by atoms with van der Waals surface area (Å²) in [5.41, 5.74) is 3.62. The predicted octanol–water partition coefficient (Wildman–Crippen LogP) is 2.45. The lowest BCUT2D eigenvalue weighted by Crippen LogP contribution is -2.40. The van der Waals surface area contributed by atoms with Crippen molar-refractivity contribution < 1.29 is 13.2 Å². The molecule has 1 aromatic carbocycles. The molecule has 3 aromatic heterocycles. The van der Waals surface area contributed by atoms with Crippen molar-refractivity contribution in [2.75, 3.05) is 31.6 Å². The monoisotopic (exact) mass is 451 g/mol. The van der Waals surface area contributed by atoms with Crippen LogP contribution < -0.4 is 10.9 Å². The summed E-state index contributed by atoms with van der Waals surface area (Å²) in [4.78, 5) is 19.0. The minimum Gasteiger partial charge on any atom is -0.379 e. The minimum atomic E-state index is -3.54. The normalized spacial score (nSPS) is 15.1. The number of rotatable bonds is 5. The Morgan fingerprint density at radius 1 is 1.03 bits per heavy atom. The molecule has 1 fully saturated rings. The number of imidazole rings is 1. The highest BCUT2D eigenvalue weighted by molar-refractivity contribution is 7.89. The molecule has 1 aliphatic heterocycles. The number of H-pyrrole nitrogens is 1. The molecule has 0 aliphatic carbocycles. The van der Waals surface area contributed by atoms with E-state index in [-0.39, 0.29) is 10.5 Å². The van der Waals surface area contributed by atoms with Crippen LogP contribution in [-0.4, -0.2) is 53.4 Å². The number of sulfonamides is 1. The van der Waals surface area contributed by atoms with E-state index in [1.807, 2.05) is 28.8 Å². The van der Waals surface area contributed by atoms with Crippen molar-refractivity contribution in [3.05, 3.63) is 77.5 Å². The van der Waals surface area contributed by atoms with Gasteiger partial charge in [-0.3, -0.25) is 9.20 Å². The number of benzene rings is 1. The summed E-state index contributed by atoms with van der Waals surface area (Å²) in [5.74, 6) is 0. The summed E-state index contributed by atoms with van der Waals surface area (Å²) in [6.07, 6.45) is 5.13. The van der Waals surface area contributed by atoms with Gasteiger partial charge in [0.2, 0.25) is 15.6 Å². The van der Waals surface area contributed by atoms with E-state index in [9.17, 15) is 13.2 Å². The zero-order valence-electron chi connectivity index (χ0n) is 17.1. The number of hydrogen-bond donors (Lipinski definition) is 2. The van der Waals surface area contributed by atoms with Crippen LogP contribution in [-0.2, 0) is 14.8 Å². The van der Waals surface area contributed by atoms with E-state index in [1.165, 1.54) is 10.4 Å². The van der Waals surface area contributed by atoms with Crippen molar-refractivity contribution in [1.29, 1.82) is 0 Å². The highest BCUT2D eigenvalue weighted by atomic mass is 32.2. The Morgan fingerprint density at radius 3 is 2.56 bits per heavy atom. The first-order valence-corrected chi connectivity index (χ1v) is 11.6. The number of aromatic nitrogens is 3. The molecule has 1 saturated heterocycles. The molecule has 9 nitrogen and oxygen atoms in total. The van der Waals surface area contributed by atoms with E-state index >= 15 is 0 Å². The molecule has 4 aromatic rings. The first-order chi connectivity index (χ1) is 15.5. The van der Waals surface area contributed by atoms with Crippen LogP contribution in [0.15, 0.2) is 76.8 Å². The molecule has 0 bridgehead atoms. The van der Waals surface area contributed by atoms with Crippen molar-refractivity contribution in [3.63, 3.8) is 0 Å². The summed E-state index contributed by atoms with van der Waals surface area (Å²) < 4.78 is 34.2. The van der Waals surface area contributed by atoms with Gasteiger partial charge in [-0.2, -0.15) is 4.31 Å². The summed E-state index contributed by atoms with van der Waals surface area (Å²) in [6, 6.07) is 13.8. The van der Waals surface area contributed by atoms with E-state index in [4.69, 9.17) is 4.74 Å². The largest absolute Gasteiger partial charge is 0.379 e. The highest BCUT2D eigenvalue weighted by Gasteiger charge is 2.26. The number of morpholine rings is 1. The van der Waals surface area contributed by atoms with E-state index in [0.29, 0.717) is 32.0 Å². The topological polar surface area (TPSA) is 109 Å². The smallest absolute Gasteiger partial charge is 0.248 e. The molecule has 5 rings (SSSR count). The fraction of sp³-hybridized carbons (Fsp3) is 0.182. The second-order valence-corrected chi connectivity index (χ2v) is 9.30. The fourth-order valence-electron chi connectivity index (χ4n) is 3.75. The Morgan fingerprint density at radius 2 is 1.81 bits per heavy atom. The lowest BCUT2D eigenvalue weighted by atomic mass is 10.1. The van der Waals surface area contributed by atoms with E-state index < -0.39 is 10.0 Å². The molecule has 2 N–H and O–H groups in total. The van der Waals surface area contributed by atoms with Crippen LogP contribution in [0.5, 0.6) is 0 Å². The molecule has 0 saturated carbocycles. The fourth-order valence-corrected chi connectivity index (χ4v) is 5.16. The maximum Gasteiger partial charge on any atom is 0.248 e. The van der Waals surface area contributed by atoms with E-state index in [1.54, 1.807) is 36.7 Å². The predicted molar refractivity (Wildman–Crippen MR) is 121 cm³/mol. The van der Waals surface area contributed by atoms with Gasteiger partial charge in [0, 0.05) is 49.0 Å². The zero-order chi connectivity index (χ0) is 22.1. The first-order valence-electron chi connectivity index (χ1n) is 10.1. The molecule has 1 aliphatic rings. The quantitative estimate of drug-likeness (QED) is 0.483. The summed E-state index contributed by atoms with van der Waals surface area (Å²) in [7, 11) is -3.54. The maximum atomic E-state index is 12.8. The van der Waals surface area contributed by atoms with Gasteiger partial charge in [-0.15, -0.1) is 0 Å². The third-order valence-corrected chi connectivity index (χ3v) is 7.27. The van der Waals surface area contributed by atoms with Crippen LogP contribution in [0.1, 0.15) is 0 Å². The second kappa shape index (κ2) is 8.23. The van der Waals surface area contributed by atoms with Crippen LogP contribution in [0.3, 0.4) is 0 Å². The average Bonchev–Trinajstić information content (AvgIpc) is 3.31. The minimum absolute atomic E-state index is 0.176. The Hall–Kier alpha value is -3.47. The molecule has 0 amide bonds. The van der Waals surface area contributed by atoms with Crippen molar-refractivity contribution in [2.24, 2.45) is 0 Å². The molecule has 4 heterocycles. The van der Waals surface area contributed by atoms with Crippen molar-refractivity contribution in [1.82, 2.24) is 18.7 Å². The number of nitrogens with zero attached hydrogens (tertiary/aromatic N) is 3. The molecule has 0 spiro atoms. The van der Waals surface area contributed by atoms with Gasteiger partial charge in [-0.05, 0) is 42.5 Å². The second-order valence-electron chi connectivity index (χ2n) is 7.36. The summed E-state index contributed by atoms with van der Waals surface area (Å²) in [5, 5.41) is 3.30. The zero-order valence-corrected chi connectivity index (χ0v) is 17.9. The maximum absolute atomic E-state index is 12.8. The Bertz CT molecular complexity index is 1420. The molecule has 0 atom stereocenters. The highest BCUT2D eigenvalue weighted by Crippen LogP contribution is 2.27. The van der Waals surface area contributed by atoms with Crippen molar-refractivity contribution in [2.45, 2.75) is 4.90 Å². The number of aromatic amines is 1. The van der Waals surface area contributed by atoms with Gasteiger partial charge in [0.15, 0.2) is 5.65 Å². The van der Waals surface area contributed by atoms with Crippen LogP contribution in [0, 0.1) is 0 Å². The third kappa shape index (κ3) is 3.79. The van der Waals surface area contributed by atoms with Gasteiger partial charge < -0.3 is 15.0 Å². The average molecular weight is 452 g/mol. The van der Waals surface area contributed by atoms with Gasteiger partial charge in [-0.1, -0.05) is 0 Å². The van der Waals surface area contributed by atoms with Gasteiger partial charge in [-0.25, -0.2) is 13.4 Å². The van der Waals surface area contributed by atoms with Gasteiger partial charge >= 0.3 is 0 Å². The number of hydrogen-bond acceptors (Lipinski definition) is 6. The van der Waals surface area contributed by atoms with Crippen LogP contribution in [0.25, 0.3) is 16.9 Å². The molecular weight excluding hydrogens is 430 g/mol. The number of nitrogens with one attached hydrogen (secondary N) is 2. The summed E-state index contributed by atoms with van der Waals surface area (Å²) >= 11 is 0. The van der Waals surface area contributed by atoms with Crippen LogP contribution in [0.2, 0.25) is 0 Å². The number of fused-ring (bicyclic) bond motifs is 1. The molecule has 164 valence electrons. The Labute approximate surface area is 184 Å². The molecule has 0 radical (unpaired) electrons. The lowest BCUT2D eigenvalue weighted by Gasteiger charge is -2.26. The Balaban J connectivity index is 1.42. The third-order valence-electron chi connectivity index (χ3n) is 5.36. The molecule has 0 unspecified atom stereocenters. The van der Waals surface area contributed by atoms with Crippen LogP contribution >= 0.6 is 0 Å². The lowest BCUT2D eigenvalue weighted by molar-refractivity contribution is 0.0730. The Kier molecular flexibility index (Phi) is 5.25. The SMILES string of the molecule is O=c1cc(-c2ccc(Nc3ccc(S(=O)(=O)N4CCOCC4)cc3)c3nccn23)cc[nH]1. The van der Waals surface area contributed by atoms with E-state index in [2.05, 4.69) is 15.3 Å². The van der Waals surface area contributed by atoms with Crippen LogP contribution in [0.4, 0.5) is 11.4 Å².